The molecule has 1 aromatic carbocycles. The van der Waals surface area contributed by atoms with E-state index >= 15 is 0 Å². The van der Waals surface area contributed by atoms with Gasteiger partial charge in [0.2, 0.25) is 0 Å². The summed E-state index contributed by atoms with van der Waals surface area (Å²) in [6, 6.07) is 3.32. The Labute approximate surface area is 159 Å². The van der Waals surface area contributed by atoms with Crippen LogP contribution in [0.5, 0.6) is 0 Å². The van der Waals surface area contributed by atoms with Gasteiger partial charge >= 0.3 is 0 Å². The first-order chi connectivity index (χ1) is 12.8. The van der Waals surface area contributed by atoms with Crippen LogP contribution in [0, 0.1) is 17.5 Å². The number of halogens is 4. The lowest BCUT2D eigenvalue weighted by atomic mass is 10.1. The zero-order valence-electron chi connectivity index (χ0n) is 14.8. The average Bonchev–Trinajstić information content (AvgIpc) is 3.02. The molecular weight excluding hydrogens is 395 g/mol. The standard InChI is InChI=1S/C17H17ClF3N5Si/c1-27(2)5-3-25(4-6-27)16-14(13-11(20)7-10(19)8-12(13)21)15(18)24-17-22-9-23-26(16)17/h7-9H,3-6H2,1-2H3. The van der Waals surface area contributed by atoms with Crippen LogP contribution >= 0.6 is 11.6 Å². The number of rotatable bonds is 2. The lowest BCUT2D eigenvalue weighted by Gasteiger charge is -2.37. The van der Waals surface area contributed by atoms with Gasteiger partial charge in [-0.3, -0.25) is 0 Å². The van der Waals surface area contributed by atoms with E-state index in [-0.39, 0.29) is 16.5 Å². The molecule has 0 N–H and O–H groups in total. The highest BCUT2D eigenvalue weighted by atomic mass is 35.5. The van der Waals surface area contributed by atoms with Crippen LogP contribution < -0.4 is 4.90 Å². The predicted molar refractivity (Wildman–Crippen MR) is 100 cm³/mol. The summed E-state index contributed by atoms with van der Waals surface area (Å²) in [6.45, 7) is 6.06. The number of aromatic nitrogens is 4. The second-order valence-electron chi connectivity index (χ2n) is 7.47. The summed E-state index contributed by atoms with van der Waals surface area (Å²) in [5.41, 5.74) is -0.352. The van der Waals surface area contributed by atoms with Crippen molar-refractivity contribution in [2.24, 2.45) is 0 Å². The van der Waals surface area contributed by atoms with Crippen LogP contribution in [0.25, 0.3) is 16.9 Å². The Hall–Kier alpha value is -2.13. The van der Waals surface area contributed by atoms with Crippen molar-refractivity contribution in [3.63, 3.8) is 0 Å². The van der Waals surface area contributed by atoms with Gasteiger partial charge in [0, 0.05) is 25.2 Å². The van der Waals surface area contributed by atoms with Crippen molar-refractivity contribution < 1.29 is 13.2 Å². The Balaban J connectivity index is 1.97. The number of anilines is 1. The molecule has 1 fully saturated rings. The number of fused-ring (bicyclic) bond motifs is 1. The van der Waals surface area contributed by atoms with E-state index in [1.165, 1.54) is 10.8 Å². The van der Waals surface area contributed by atoms with Gasteiger partial charge in [0.25, 0.3) is 5.78 Å². The van der Waals surface area contributed by atoms with E-state index in [0.29, 0.717) is 31.0 Å². The van der Waals surface area contributed by atoms with Gasteiger partial charge in [-0.2, -0.15) is 19.6 Å². The molecule has 1 aliphatic rings. The molecule has 1 saturated heterocycles. The lowest BCUT2D eigenvalue weighted by Crippen LogP contribution is -2.43. The quantitative estimate of drug-likeness (QED) is 0.463. The first-order valence-electron chi connectivity index (χ1n) is 8.56. The SMILES string of the molecule is C[Si]1(C)CCN(c2c(-c3c(F)cc(F)cc3F)c(Cl)nc3ncnn23)CC1. The Morgan fingerprint density at radius 1 is 1.04 bits per heavy atom. The molecule has 0 amide bonds. The molecular formula is C17H17ClF3N5Si. The number of nitrogens with zero attached hydrogens (tertiary/aromatic N) is 5. The molecule has 0 spiro atoms. The molecule has 0 saturated carbocycles. The van der Waals surface area contributed by atoms with Gasteiger partial charge in [-0.15, -0.1) is 0 Å². The molecule has 3 aromatic rings. The van der Waals surface area contributed by atoms with E-state index < -0.39 is 31.1 Å². The second kappa shape index (κ2) is 6.49. The van der Waals surface area contributed by atoms with E-state index in [4.69, 9.17) is 11.6 Å². The summed E-state index contributed by atoms with van der Waals surface area (Å²) in [5.74, 6) is -2.40. The normalized spacial score (nSPS) is 16.9. The average molecular weight is 412 g/mol. The summed E-state index contributed by atoms with van der Waals surface area (Å²) in [4.78, 5) is 10.2. The van der Waals surface area contributed by atoms with E-state index in [2.05, 4.69) is 28.2 Å². The molecule has 0 radical (unpaired) electrons. The molecule has 27 heavy (non-hydrogen) atoms. The van der Waals surface area contributed by atoms with Crippen molar-refractivity contribution >= 4 is 31.3 Å². The molecule has 0 aliphatic carbocycles. The highest BCUT2D eigenvalue weighted by Crippen LogP contribution is 2.40. The van der Waals surface area contributed by atoms with Crippen molar-refractivity contribution in [1.82, 2.24) is 19.6 Å². The summed E-state index contributed by atoms with van der Waals surface area (Å²) in [5, 5.41) is 4.07. The largest absolute Gasteiger partial charge is 0.356 e. The van der Waals surface area contributed by atoms with Crippen LogP contribution in [0.2, 0.25) is 30.3 Å². The molecule has 0 unspecified atom stereocenters. The predicted octanol–water partition coefficient (Wildman–Crippen LogP) is 4.39. The van der Waals surface area contributed by atoms with Crippen molar-refractivity contribution in [2.45, 2.75) is 25.2 Å². The number of hydrogen-bond donors (Lipinski definition) is 0. The van der Waals surface area contributed by atoms with E-state index in [1.54, 1.807) is 0 Å². The molecule has 4 rings (SSSR count). The minimum Gasteiger partial charge on any atom is -0.356 e. The van der Waals surface area contributed by atoms with Crippen molar-refractivity contribution in [3.05, 3.63) is 41.1 Å². The van der Waals surface area contributed by atoms with E-state index in [9.17, 15) is 13.2 Å². The Morgan fingerprint density at radius 2 is 1.67 bits per heavy atom. The number of hydrogen-bond acceptors (Lipinski definition) is 4. The highest BCUT2D eigenvalue weighted by Gasteiger charge is 2.32. The second-order valence-corrected chi connectivity index (χ2v) is 13.2. The maximum atomic E-state index is 14.5. The van der Waals surface area contributed by atoms with Crippen LogP contribution in [0.3, 0.4) is 0 Å². The minimum absolute atomic E-state index is 0.0611. The van der Waals surface area contributed by atoms with Gasteiger partial charge in [-0.05, 0) is 12.1 Å². The molecule has 2 aromatic heterocycles. The molecule has 3 heterocycles. The van der Waals surface area contributed by atoms with Crippen LogP contribution in [0.4, 0.5) is 19.0 Å². The van der Waals surface area contributed by atoms with Gasteiger partial charge in [0.1, 0.15) is 34.7 Å². The third kappa shape index (κ3) is 3.18. The van der Waals surface area contributed by atoms with Gasteiger partial charge in [-0.1, -0.05) is 24.7 Å². The third-order valence-electron chi connectivity index (χ3n) is 5.03. The minimum atomic E-state index is -1.29. The van der Waals surface area contributed by atoms with Crippen molar-refractivity contribution in [2.75, 3.05) is 18.0 Å². The fourth-order valence-electron chi connectivity index (χ4n) is 3.41. The molecule has 5 nitrogen and oxygen atoms in total. The van der Waals surface area contributed by atoms with Crippen LogP contribution in [0.1, 0.15) is 0 Å². The van der Waals surface area contributed by atoms with Crippen molar-refractivity contribution in [1.29, 1.82) is 0 Å². The maximum Gasteiger partial charge on any atom is 0.255 e. The summed E-state index contributed by atoms with van der Waals surface area (Å²) in [6.07, 6.45) is 1.31. The zero-order chi connectivity index (χ0) is 19.3. The van der Waals surface area contributed by atoms with E-state index in [1.807, 2.05) is 4.90 Å². The summed E-state index contributed by atoms with van der Waals surface area (Å²) >= 11 is 6.32. The topological polar surface area (TPSA) is 46.3 Å². The molecule has 142 valence electrons. The molecule has 0 bridgehead atoms. The van der Waals surface area contributed by atoms with Crippen LogP contribution in [-0.2, 0) is 0 Å². The maximum absolute atomic E-state index is 14.5. The number of benzene rings is 1. The lowest BCUT2D eigenvalue weighted by molar-refractivity contribution is 0.547. The molecule has 10 heteroatoms. The van der Waals surface area contributed by atoms with Crippen molar-refractivity contribution in [3.8, 4) is 11.1 Å². The molecule has 0 atom stereocenters. The van der Waals surface area contributed by atoms with Gasteiger partial charge in [0.15, 0.2) is 0 Å². The third-order valence-corrected chi connectivity index (χ3v) is 8.46. The van der Waals surface area contributed by atoms with Gasteiger partial charge in [-0.25, -0.2) is 13.2 Å². The van der Waals surface area contributed by atoms with Crippen LogP contribution in [-0.4, -0.2) is 40.7 Å². The van der Waals surface area contributed by atoms with E-state index in [0.717, 1.165) is 12.1 Å². The monoisotopic (exact) mass is 411 g/mol. The smallest absolute Gasteiger partial charge is 0.255 e. The fourth-order valence-corrected chi connectivity index (χ4v) is 5.67. The summed E-state index contributed by atoms with van der Waals surface area (Å²) < 4.78 is 43.9. The van der Waals surface area contributed by atoms with Crippen LogP contribution in [0.15, 0.2) is 18.5 Å². The first kappa shape index (κ1) is 18.2. The Kier molecular flexibility index (Phi) is 4.38. The summed E-state index contributed by atoms with van der Waals surface area (Å²) in [7, 11) is -1.29. The first-order valence-corrected chi connectivity index (χ1v) is 12.4. The van der Waals surface area contributed by atoms with Gasteiger partial charge in [0.05, 0.1) is 19.2 Å². The molecule has 1 aliphatic heterocycles. The highest BCUT2D eigenvalue weighted by molar-refractivity contribution is 6.77. The Morgan fingerprint density at radius 3 is 2.30 bits per heavy atom. The van der Waals surface area contributed by atoms with Gasteiger partial charge < -0.3 is 4.90 Å². The Bertz CT molecular complexity index is 1010. The zero-order valence-corrected chi connectivity index (χ0v) is 16.6. The fraction of sp³-hybridized carbons (Fsp3) is 0.353.